The maximum absolute atomic E-state index is 13.0. The largest absolute Gasteiger partial charge is 0.498 e. The van der Waals surface area contributed by atoms with Gasteiger partial charge in [-0.25, -0.2) is 16.8 Å². The van der Waals surface area contributed by atoms with Gasteiger partial charge in [-0.15, -0.1) is 0 Å². The zero-order valence-electron chi connectivity index (χ0n) is 21.0. The second-order valence-electron chi connectivity index (χ2n) is 10.3. The molecule has 0 saturated carbocycles. The first kappa shape index (κ1) is 32.4. The van der Waals surface area contributed by atoms with E-state index in [1.165, 1.54) is 49.8 Å². The lowest BCUT2D eigenvalue weighted by Crippen LogP contribution is -2.64. The Balaban J connectivity index is 0.000000507. The summed E-state index contributed by atoms with van der Waals surface area (Å²) >= 11 is 0. The van der Waals surface area contributed by atoms with E-state index in [2.05, 4.69) is 14.0 Å². The van der Waals surface area contributed by atoms with Gasteiger partial charge in [-0.3, -0.25) is 0 Å². The molecule has 0 aromatic heterocycles. The predicted molar refractivity (Wildman–Crippen MR) is 123 cm³/mol. The monoisotopic (exact) mass is 562 g/mol. The van der Waals surface area contributed by atoms with E-state index < -0.39 is 60.7 Å². The zero-order valence-corrected chi connectivity index (χ0v) is 22.6. The van der Waals surface area contributed by atoms with Crippen LogP contribution in [0.15, 0.2) is 0 Å². The molecule has 14 heteroatoms. The molecule has 0 N–H and O–H groups in total. The van der Waals surface area contributed by atoms with E-state index >= 15 is 0 Å². The molecule has 0 atom stereocenters. The maximum atomic E-state index is 13.0. The summed E-state index contributed by atoms with van der Waals surface area (Å²) in [5, 5.41) is 0. The molecule has 0 radical (unpaired) electrons. The number of alkyl halides is 6. The lowest BCUT2D eigenvalue weighted by Gasteiger charge is -2.45. The minimum Gasteiger partial charge on any atom is -0.326 e. The molecule has 0 amide bonds. The molecule has 6 nitrogen and oxygen atoms in total. The average molecular weight is 563 g/mol. The van der Waals surface area contributed by atoms with Crippen LogP contribution < -0.4 is 0 Å². The molecule has 0 aromatic carbocycles. The molecule has 2 fully saturated rings. The third-order valence-electron chi connectivity index (χ3n) is 7.36. The molecule has 35 heavy (non-hydrogen) atoms. The number of rotatable bonds is 7. The minimum atomic E-state index is -6.59. The molecule has 0 bridgehead atoms. The highest BCUT2D eigenvalue weighted by Gasteiger charge is 2.73. The first-order chi connectivity index (χ1) is 15.7. The van der Waals surface area contributed by atoms with E-state index in [-0.39, 0.29) is 4.48 Å². The molecule has 2 aliphatic heterocycles. The quantitative estimate of drug-likeness (QED) is 0.336. The first-order valence-electron chi connectivity index (χ1n) is 12.0. The standard InChI is InChI=1S/C12H20F6NO4S2.C9H20N/c1-3-4-7-19(2)8-5-10(6-9-19,24(20,21)11(13,14)15)25(22,23)12(16,17)18;1-3-7-10(2)8-5-4-6-9-10/h3-9H2,1-2H3;3-9H2,1-2H3/q2*+1. The fourth-order valence-electron chi connectivity index (χ4n) is 5.02. The van der Waals surface area contributed by atoms with Crippen LogP contribution in [0.5, 0.6) is 0 Å². The van der Waals surface area contributed by atoms with Gasteiger partial charge in [0.05, 0.1) is 53.4 Å². The van der Waals surface area contributed by atoms with Gasteiger partial charge >= 0.3 is 11.0 Å². The summed E-state index contributed by atoms with van der Waals surface area (Å²) in [5.41, 5.74) is -12.2. The summed E-state index contributed by atoms with van der Waals surface area (Å²) in [5.74, 6) is 0. The molecule has 2 aliphatic rings. The van der Waals surface area contributed by atoms with Gasteiger partial charge < -0.3 is 8.97 Å². The Morgan fingerprint density at radius 2 is 1.06 bits per heavy atom. The van der Waals surface area contributed by atoms with Crippen LogP contribution >= 0.6 is 0 Å². The van der Waals surface area contributed by atoms with Crippen LogP contribution in [0.2, 0.25) is 0 Å². The van der Waals surface area contributed by atoms with Gasteiger partial charge in [0.15, 0.2) is 0 Å². The van der Waals surface area contributed by atoms with Crippen molar-refractivity contribution in [2.75, 3.05) is 53.4 Å². The van der Waals surface area contributed by atoms with Crippen LogP contribution in [0.25, 0.3) is 0 Å². The van der Waals surface area contributed by atoms with E-state index in [0.717, 1.165) is 6.42 Å². The van der Waals surface area contributed by atoms with Crippen LogP contribution in [-0.4, -0.2) is 94.3 Å². The molecule has 210 valence electrons. The smallest absolute Gasteiger partial charge is 0.326 e. The molecule has 0 aliphatic carbocycles. The van der Waals surface area contributed by atoms with Gasteiger partial charge in [0.1, 0.15) is 0 Å². The highest BCUT2D eigenvalue weighted by atomic mass is 32.3. The maximum Gasteiger partial charge on any atom is 0.498 e. The number of halogens is 6. The fraction of sp³-hybridized carbons (Fsp3) is 1.00. The van der Waals surface area contributed by atoms with E-state index in [1.807, 2.05) is 6.92 Å². The van der Waals surface area contributed by atoms with Crippen molar-refractivity contribution in [2.24, 2.45) is 0 Å². The van der Waals surface area contributed by atoms with E-state index in [9.17, 15) is 43.2 Å². The number of piperidine rings is 2. The van der Waals surface area contributed by atoms with Gasteiger partial charge in [0.2, 0.25) is 4.08 Å². The normalized spacial score (nSPS) is 22.7. The van der Waals surface area contributed by atoms with Crippen molar-refractivity contribution >= 4 is 19.7 Å². The van der Waals surface area contributed by atoms with Crippen molar-refractivity contribution < 1.29 is 52.1 Å². The van der Waals surface area contributed by atoms with Crippen molar-refractivity contribution in [3.05, 3.63) is 0 Å². The van der Waals surface area contributed by atoms with Crippen LogP contribution in [0.1, 0.15) is 65.2 Å². The number of unbranched alkanes of at least 4 members (excludes halogenated alkanes) is 1. The van der Waals surface area contributed by atoms with Crippen LogP contribution in [0, 0.1) is 0 Å². The van der Waals surface area contributed by atoms with E-state index in [4.69, 9.17) is 0 Å². The number of sulfone groups is 2. The second kappa shape index (κ2) is 11.4. The Morgan fingerprint density at radius 1 is 0.657 bits per heavy atom. The highest BCUT2D eigenvalue weighted by Crippen LogP contribution is 2.49. The van der Waals surface area contributed by atoms with Crippen molar-refractivity contribution in [1.82, 2.24) is 0 Å². The summed E-state index contributed by atoms with van der Waals surface area (Å²) < 4.78 is 122. The van der Waals surface area contributed by atoms with Gasteiger partial charge in [-0.2, -0.15) is 26.3 Å². The second-order valence-corrected chi connectivity index (χ2v) is 15.1. The number of likely N-dealkylation sites (tertiary alicyclic amines) is 2. The molecule has 0 aromatic rings. The van der Waals surface area contributed by atoms with Gasteiger partial charge in [-0.05, 0) is 32.1 Å². The molecule has 0 unspecified atom stereocenters. The number of quaternary nitrogens is 2. The number of nitrogens with zero attached hydrogens (tertiary/aromatic N) is 2. The van der Waals surface area contributed by atoms with E-state index in [0.29, 0.717) is 13.0 Å². The molecular formula is C21H40F6N2O4S2+2. The third-order valence-corrected chi connectivity index (χ3v) is 12.7. The van der Waals surface area contributed by atoms with Crippen molar-refractivity contribution in [3.8, 4) is 0 Å². The summed E-state index contributed by atoms with van der Waals surface area (Å²) in [4.78, 5) is 0. The van der Waals surface area contributed by atoms with Crippen LogP contribution in [-0.2, 0) is 19.7 Å². The van der Waals surface area contributed by atoms with Gasteiger partial charge in [-0.1, -0.05) is 20.3 Å². The molecule has 2 heterocycles. The Hall–Kier alpha value is -0.600. The summed E-state index contributed by atoms with van der Waals surface area (Å²) in [6, 6.07) is 0. The first-order valence-corrected chi connectivity index (χ1v) is 15.0. The fourth-order valence-corrected chi connectivity index (χ4v) is 9.03. The minimum absolute atomic E-state index is 0.0242. The Labute approximate surface area is 205 Å². The van der Waals surface area contributed by atoms with Gasteiger partial charge in [0, 0.05) is 12.8 Å². The van der Waals surface area contributed by atoms with Crippen LogP contribution in [0.3, 0.4) is 0 Å². The topological polar surface area (TPSA) is 68.3 Å². The number of hydrogen-bond acceptors (Lipinski definition) is 4. The average Bonchev–Trinajstić information content (AvgIpc) is 2.72. The lowest BCUT2D eigenvalue weighted by molar-refractivity contribution is -0.914. The summed E-state index contributed by atoms with van der Waals surface area (Å²) in [6.07, 6.45) is 4.57. The molecule has 2 rings (SSSR count). The summed E-state index contributed by atoms with van der Waals surface area (Å²) in [6.45, 7) is 7.95. The Kier molecular flexibility index (Phi) is 10.6. The summed E-state index contributed by atoms with van der Waals surface area (Å²) in [7, 11) is -9.22. The lowest BCUT2D eigenvalue weighted by atomic mass is 10.1. The van der Waals surface area contributed by atoms with Crippen molar-refractivity contribution in [2.45, 2.75) is 80.3 Å². The van der Waals surface area contributed by atoms with Gasteiger partial charge in [0.25, 0.3) is 19.7 Å². The predicted octanol–water partition coefficient (Wildman–Crippen LogP) is 4.62. The molecule has 0 spiro atoms. The molecular weight excluding hydrogens is 522 g/mol. The Bertz CT molecular complexity index is 836. The van der Waals surface area contributed by atoms with Crippen LogP contribution in [0.4, 0.5) is 26.3 Å². The van der Waals surface area contributed by atoms with E-state index in [1.54, 1.807) is 7.05 Å². The van der Waals surface area contributed by atoms with Crippen molar-refractivity contribution in [1.29, 1.82) is 0 Å². The zero-order chi connectivity index (χ0) is 27.4. The molecule has 2 saturated heterocycles. The SMILES string of the molecule is CCCC[N+]1(C)CCC(S(=O)(=O)C(F)(F)F)(S(=O)(=O)C(F)(F)F)CC1.CCC[N+]1(C)CCCCC1. The van der Waals surface area contributed by atoms with Crippen molar-refractivity contribution in [3.63, 3.8) is 0 Å². The highest BCUT2D eigenvalue weighted by molar-refractivity contribution is 8.11. The number of hydrogen-bond donors (Lipinski definition) is 0. The third kappa shape index (κ3) is 7.04. The Morgan fingerprint density at radius 3 is 1.40 bits per heavy atom.